The van der Waals surface area contributed by atoms with Crippen molar-refractivity contribution < 1.29 is 9.59 Å². The van der Waals surface area contributed by atoms with Crippen molar-refractivity contribution >= 4 is 17.5 Å². The van der Waals surface area contributed by atoms with Crippen LogP contribution in [0.4, 0.5) is 5.69 Å². The molecule has 1 heterocycles. The van der Waals surface area contributed by atoms with E-state index in [0.29, 0.717) is 18.5 Å². The third-order valence-corrected chi connectivity index (χ3v) is 3.56. The fourth-order valence-electron chi connectivity index (χ4n) is 2.42. The lowest BCUT2D eigenvalue weighted by molar-refractivity contribution is -0.117. The highest BCUT2D eigenvalue weighted by Gasteiger charge is 2.22. The zero-order valence-electron chi connectivity index (χ0n) is 12.0. The number of unbranched alkanes of at least 4 members (excludes halogenated alkanes) is 2. The Morgan fingerprint density at radius 2 is 2.20 bits per heavy atom. The highest BCUT2D eigenvalue weighted by molar-refractivity contribution is 5.99. The van der Waals surface area contributed by atoms with E-state index >= 15 is 0 Å². The molecule has 4 heteroatoms. The van der Waals surface area contributed by atoms with Gasteiger partial charge in [-0.3, -0.25) is 9.59 Å². The van der Waals surface area contributed by atoms with Gasteiger partial charge in [-0.25, -0.2) is 0 Å². The molecule has 108 valence electrons. The van der Waals surface area contributed by atoms with Crippen molar-refractivity contribution in [3.8, 4) is 0 Å². The van der Waals surface area contributed by atoms with E-state index in [1.165, 1.54) is 0 Å². The number of amides is 2. The number of nitrogens with one attached hydrogen (secondary N) is 1. The molecule has 2 amide bonds. The van der Waals surface area contributed by atoms with Crippen molar-refractivity contribution in [3.63, 3.8) is 0 Å². The van der Waals surface area contributed by atoms with Gasteiger partial charge in [-0.05, 0) is 31.0 Å². The Labute approximate surface area is 120 Å². The maximum atomic E-state index is 12.0. The third kappa shape index (κ3) is 3.59. The largest absolute Gasteiger partial charge is 0.352 e. The van der Waals surface area contributed by atoms with Crippen LogP contribution in [-0.2, 0) is 4.79 Å². The first-order valence-electron chi connectivity index (χ1n) is 7.41. The Bertz CT molecular complexity index is 485. The van der Waals surface area contributed by atoms with E-state index in [9.17, 15) is 9.59 Å². The summed E-state index contributed by atoms with van der Waals surface area (Å²) in [6, 6.07) is 7.32. The van der Waals surface area contributed by atoms with Gasteiger partial charge in [0, 0.05) is 30.8 Å². The van der Waals surface area contributed by atoms with E-state index in [1.54, 1.807) is 17.0 Å². The fraction of sp³-hybridized carbons (Fsp3) is 0.500. The van der Waals surface area contributed by atoms with Crippen molar-refractivity contribution in [2.75, 3.05) is 18.0 Å². The number of rotatable bonds is 6. The first kappa shape index (κ1) is 14.6. The molecule has 0 atom stereocenters. The van der Waals surface area contributed by atoms with E-state index < -0.39 is 0 Å². The molecule has 0 spiro atoms. The Morgan fingerprint density at radius 3 is 2.90 bits per heavy atom. The molecule has 0 aliphatic carbocycles. The zero-order valence-corrected chi connectivity index (χ0v) is 12.0. The van der Waals surface area contributed by atoms with Gasteiger partial charge in [-0.1, -0.05) is 25.8 Å². The molecule has 1 aromatic carbocycles. The Hall–Kier alpha value is -1.84. The predicted octanol–water partition coefficient (Wildman–Crippen LogP) is 2.73. The molecule has 0 bridgehead atoms. The predicted molar refractivity (Wildman–Crippen MR) is 79.9 cm³/mol. The number of benzene rings is 1. The van der Waals surface area contributed by atoms with Crippen LogP contribution in [-0.4, -0.2) is 24.9 Å². The van der Waals surface area contributed by atoms with E-state index in [0.717, 1.165) is 37.9 Å². The van der Waals surface area contributed by atoms with Crippen molar-refractivity contribution in [1.82, 2.24) is 5.32 Å². The topological polar surface area (TPSA) is 49.4 Å². The van der Waals surface area contributed by atoms with E-state index in [4.69, 9.17) is 0 Å². The minimum atomic E-state index is -0.0606. The van der Waals surface area contributed by atoms with Gasteiger partial charge in [0.1, 0.15) is 0 Å². The molecule has 1 aliphatic rings. The average molecular weight is 274 g/mol. The van der Waals surface area contributed by atoms with Crippen molar-refractivity contribution in [1.29, 1.82) is 0 Å². The molecule has 1 fully saturated rings. The van der Waals surface area contributed by atoms with Gasteiger partial charge in [0.15, 0.2) is 0 Å². The summed E-state index contributed by atoms with van der Waals surface area (Å²) in [6.45, 7) is 3.60. The normalized spacial score (nSPS) is 14.7. The van der Waals surface area contributed by atoms with Gasteiger partial charge in [0.05, 0.1) is 0 Å². The van der Waals surface area contributed by atoms with Crippen LogP contribution < -0.4 is 10.2 Å². The molecule has 1 N–H and O–H groups in total. The number of hydrogen-bond donors (Lipinski definition) is 1. The summed E-state index contributed by atoms with van der Waals surface area (Å²) in [4.78, 5) is 25.5. The van der Waals surface area contributed by atoms with Crippen LogP contribution in [0.2, 0.25) is 0 Å². The molecular weight excluding hydrogens is 252 g/mol. The summed E-state index contributed by atoms with van der Waals surface area (Å²) in [7, 11) is 0. The molecular formula is C16H22N2O2. The van der Waals surface area contributed by atoms with Crippen molar-refractivity contribution in [2.24, 2.45) is 0 Å². The lowest BCUT2D eigenvalue weighted by atomic mass is 10.1. The maximum absolute atomic E-state index is 12.0. The van der Waals surface area contributed by atoms with Crippen molar-refractivity contribution in [2.45, 2.75) is 39.0 Å². The molecule has 1 aliphatic heterocycles. The van der Waals surface area contributed by atoms with Crippen LogP contribution in [0.5, 0.6) is 0 Å². The Kier molecular flexibility index (Phi) is 5.16. The summed E-state index contributed by atoms with van der Waals surface area (Å²) in [5, 5.41) is 2.92. The lowest BCUT2D eigenvalue weighted by Gasteiger charge is -2.16. The number of nitrogens with zero attached hydrogens (tertiary/aromatic N) is 1. The van der Waals surface area contributed by atoms with Crippen LogP contribution in [0.25, 0.3) is 0 Å². The molecule has 2 rings (SSSR count). The first-order chi connectivity index (χ1) is 9.72. The van der Waals surface area contributed by atoms with Gasteiger partial charge in [0.25, 0.3) is 5.91 Å². The van der Waals surface area contributed by atoms with E-state index in [2.05, 4.69) is 12.2 Å². The monoisotopic (exact) mass is 274 g/mol. The summed E-state index contributed by atoms with van der Waals surface area (Å²) in [5.74, 6) is 0.0834. The molecule has 1 aromatic rings. The highest BCUT2D eigenvalue weighted by atomic mass is 16.2. The second-order valence-electron chi connectivity index (χ2n) is 5.16. The standard InChI is InChI=1S/C16H22N2O2/c1-2-3-4-10-17-16(20)13-7-5-8-14(12-13)18-11-6-9-15(18)19/h5,7-8,12H,2-4,6,9-11H2,1H3,(H,17,20). The van der Waals surface area contributed by atoms with Gasteiger partial charge < -0.3 is 10.2 Å². The van der Waals surface area contributed by atoms with E-state index in [1.807, 2.05) is 12.1 Å². The maximum Gasteiger partial charge on any atom is 0.251 e. The SMILES string of the molecule is CCCCCNC(=O)c1cccc(N2CCCC2=O)c1. The van der Waals surface area contributed by atoms with Gasteiger partial charge in [-0.15, -0.1) is 0 Å². The molecule has 0 unspecified atom stereocenters. The number of carbonyl (C=O) groups is 2. The molecule has 0 aromatic heterocycles. The molecule has 1 saturated heterocycles. The van der Waals surface area contributed by atoms with Crippen LogP contribution in [0, 0.1) is 0 Å². The third-order valence-electron chi connectivity index (χ3n) is 3.56. The number of carbonyl (C=O) groups excluding carboxylic acids is 2. The molecule has 20 heavy (non-hydrogen) atoms. The van der Waals surface area contributed by atoms with Crippen LogP contribution >= 0.6 is 0 Å². The van der Waals surface area contributed by atoms with Crippen LogP contribution in [0.3, 0.4) is 0 Å². The van der Waals surface area contributed by atoms with Gasteiger partial charge >= 0.3 is 0 Å². The molecule has 0 radical (unpaired) electrons. The summed E-state index contributed by atoms with van der Waals surface area (Å²) < 4.78 is 0. The van der Waals surface area contributed by atoms with Crippen molar-refractivity contribution in [3.05, 3.63) is 29.8 Å². The molecule has 0 saturated carbocycles. The minimum absolute atomic E-state index is 0.0606. The minimum Gasteiger partial charge on any atom is -0.352 e. The van der Waals surface area contributed by atoms with Crippen LogP contribution in [0.15, 0.2) is 24.3 Å². The average Bonchev–Trinajstić information content (AvgIpc) is 2.90. The number of anilines is 1. The second-order valence-corrected chi connectivity index (χ2v) is 5.16. The summed E-state index contributed by atoms with van der Waals surface area (Å²) in [5.41, 5.74) is 1.45. The summed E-state index contributed by atoms with van der Waals surface area (Å²) in [6.07, 6.45) is 4.78. The zero-order chi connectivity index (χ0) is 14.4. The fourth-order valence-corrected chi connectivity index (χ4v) is 2.42. The van der Waals surface area contributed by atoms with Gasteiger partial charge in [0.2, 0.25) is 5.91 Å². The second kappa shape index (κ2) is 7.08. The molecule has 4 nitrogen and oxygen atoms in total. The Balaban J connectivity index is 1.98. The number of hydrogen-bond acceptors (Lipinski definition) is 2. The first-order valence-corrected chi connectivity index (χ1v) is 7.41. The van der Waals surface area contributed by atoms with E-state index in [-0.39, 0.29) is 11.8 Å². The highest BCUT2D eigenvalue weighted by Crippen LogP contribution is 2.22. The quantitative estimate of drug-likeness (QED) is 0.811. The lowest BCUT2D eigenvalue weighted by Crippen LogP contribution is -2.26. The summed E-state index contributed by atoms with van der Waals surface area (Å²) >= 11 is 0. The Morgan fingerprint density at radius 1 is 1.35 bits per heavy atom. The van der Waals surface area contributed by atoms with Crippen LogP contribution in [0.1, 0.15) is 49.4 Å². The smallest absolute Gasteiger partial charge is 0.251 e. The van der Waals surface area contributed by atoms with Gasteiger partial charge in [-0.2, -0.15) is 0 Å².